The van der Waals surface area contributed by atoms with E-state index < -0.39 is 0 Å². The Morgan fingerprint density at radius 3 is 2.50 bits per heavy atom. The van der Waals surface area contributed by atoms with E-state index in [9.17, 15) is 0 Å². The molecule has 1 heterocycles. The second-order valence-corrected chi connectivity index (χ2v) is 6.45. The van der Waals surface area contributed by atoms with Crippen molar-refractivity contribution in [3.05, 3.63) is 22.2 Å². The molecule has 1 unspecified atom stereocenters. The van der Waals surface area contributed by atoms with Crippen LogP contribution in [0, 0.1) is 5.92 Å². The van der Waals surface area contributed by atoms with Crippen LogP contribution in [-0.2, 0) is 0 Å². The van der Waals surface area contributed by atoms with E-state index in [1.807, 2.05) is 0 Å². The van der Waals surface area contributed by atoms with Crippen molar-refractivity contribution in [1.82, 2.24) is 5.32 Å². The molecule has 1 saturated carbocycles. The van der Waals surface area contributed by atoms with Crippen molar-refractivity contribution >= 4 is 15.9 Å². The molecule has 4 heteroatoms. The summed E-state index contributed by atoms with van der Waals surface area (Å²) in [5.74, 6) is 2.50. The lowest BCUT2D eigenvalue weighted by Crippen LogP contribution is -2.32. The standard InChI is InChI=1S/C16H22BrNO2/c1-2-18-16(11-5-3-6-11)12-9-14-15(10-13(12)17)20-8-4-7-19-14/h9-11,16,18H,2-8H2,1H3. The third-order valence-corrected chi connectivity index (χ3v) is 4.93. The maximum Gasteiger partial charge on any atom is 0.162 e. The quantitative estimate of drug-likeness (QED) is 0.897. The van der Waals surface area contributed by atoms with E-state index in [-0.39, 0.29) is 0 Å². The summed E-state index contributed by atoms with van der Waals surface area (Å²) in [5.41, 5.74) is 1.31. The van der Waals surface area contributed by atoms with Crippen LogP contribution in [0.3, 0.4) is 0 Å². The summed E-state index contributed by atoms with van der Waals surface area (Å²) in [6.07, 6.45) is 4.94. The number of hydrogen-bond donors (Lipinski definition) is 1. The van der Waals surface area contributed by atoms with E-state index >= 15 is 0 Å². The molecule has 0 spiro atoms. The van der Waals surface area contributed by atoms with Crippen molar-refractivity contribution in [2.24, 2.45) is 5.92 Å². The van der Waals surface area contributed by atoms with Crippen molar-refractivity contribution in [2.45, 2.75) is 38.6 Å². The Morgan fingerprint density at radius 2 is 1.90 bits per heavy atom. The van der Waals surface area contributed by atoms with Crippen LogP contribution < -0.4 is 14.8 Å². The van der Waals surface area contributed by atoms with Crippen LogP contribution in [0.4, 0.5) is 0 Å². The normalized spacial score (nSPS) is 20.1. The SMILES string of the molecule is CCNC(c1cc2c(cc1Br)OCCCO2)C1CCC1. The van der Waals surface area contributed by atoms with Gasteiger partial charge in [-0.25, -0.2) is 0 Å². The lowest BCUT2D eigenvalue weighted by molar-refractivity contribution is 0.232. The van der Waals surface area contributed by atoms with Gasteiger partial charge in [0.1, 0.15) is 0 Å². The van der Waals surface area contributed by atoms with Crippen LogP contribution in [0.1, 0.15) is 44.2 Å². The zero-order chi connectivity index (χ0) is 13.9. The number of nitrogens with one attached hydrogen (secondary N) is 1. The molecule has 1 aromatic carbocycles. The molecule has 1 atom stereocenters. The molecule has 3 nitrogen and oxygen atoms in total. The van der Waals surface area contributed by atoms with E-state index in [4.69, 9.17) is 9.47 Å². The first-order valence-corrected chi connectivity index (χ1v) is 8.41. The van der Waals surface area contributed by atoms with Gasteiger partial charge in [-0.1, -0.05) is 29.3 Å². The third-order valence-electron chi connectivity index (χ3n) is 4.25. The highest BCUT2D eigenvalue weighted by Gasteiger charge is 2.30. The fraction of sp³-hybridized carbons (Fsp3) is 0.625. The van der Waals surface area contributed by atoms with Crippen molar-refractivity contribution < 1.29 is 9.47 Å². The van der Waals surface area contributed by atoms with Gasteiger partial charge in [0.2, 0.25) is 0 Å². The molecule has 0 bridgehead atoms. The number of halogens is 1. The first-order chi connectivity index (χ1) is 9.79. The predicted molar refractivity (Wildman–Crippen MR) is 83.5 cm³/mol. The van der Waals surface area contributed by atoms with Crippen LogP contribution in [0.2, 0.25) is 0 Å². The monoisotopic (exact) mass is 339 g/mol. The molecule has 20 heavy (non-hydrogen) atoms. The molecular weight excluding hydrogens is 318 g/mol. The average molecular weight is 340 g/mol. The van der Waals surface area contributed by atoms with Gasteiger partial charge in [0.25, 0.3) is 0 Å². The number of benzene rings is 1. The van der Waals surface area contributed by atoms with E-state index in [0.29, 0.717) is 6.04 Å². The summed E-state index contributed by atoms with van der Waals surface area (Å²) in [7, 11) is 0. The lowest BCUT2D eigenvalue weighted by Gasteiger charge is -2.35. The van der Waals surface area contributed by atoms with E-state index in [0.717, 1.165) is 48.1 Å². The second-order valence-electron chi connectivity index (χ2n) is 5.60. The Labute approximate surface area is 129 Å². The Hall–Kier alpha value is -0.740. The molecule has 1 aromatic rings. The minimum Gasteiger partial charge on any atom is -0.490 e. The molecule has 0 saturated heterocycles. The molecule has 1 aliphatic heterocycles. The Morgan fingerprint density at radius 1 is 1.20 bits per heavy atom. The Balaban J connectivity index is 1.92. The van der Waals surface area contributed by atoms with Crippen LogP contribution in [0.5, 0.6) is 11.5 Å². The van der Waals surface area contributed by atoms with Crippen molar-refractivity contribution in [3.8, 4) is 11.5 Å². The summed E-state index contributed by atoms with van der Waals surface area (Å²) < 4.78 is 12.7. The van der Waals surface area contributed by atoms with E-state index in [2.05, 4.69) is 40.3 Å². The van der Waals surface area contributed by atoms with Gasteiger partial charge in [-0.2, -0.15) is 0 Å². The van der Waals surface area contributed by atoms with Gasteiger partial charge < -0.3 is 14.8 Å². The van der Waals surface area contributed by atoms with Gasteiger partial charge in [0.15, 0.2) is 11.5 Å². The van der Waals surface area contributed by atoms with Crippen LogP contribution in [-0.4, -0.2) is 19.8 Å². The summed E-state index contributed by atoms with van der Waals surface area (Å²) in [6.45, 7) is 4.63. The number of fused-ring (bicyclic) bond motifs is 1. The maximum atomic E-state index is 5.83. The summed E-state index contributed by atoms with van der Waals surface area (Å²) in [4.78, 5) is 0. The molecule has 0 radical (unpaired) electrons. The molecule has 0 aromatic heterocycles. The summed E-state index contributed by atoms with van der Waals surface area (Å²) in [6, 6.07) is 4.65. The highest BCUT2D eigenvalue weighted by molar-refractivity contribution is 9.10. The van der Waals surface area contributed by atoms with E-state index in [1.165, 1.54) is 24.8 Å². The highest BCUT2D eigenvalue weighted by atomic mass is 79.9. The molecular formula is C16H22BrNO2. The fourth-order valence-corrected chi connectivity index (χ4v) is 3.53. The smallest absolute Gasteiger partial charge is 0.162 e. The minimum atomic E-state index is 0.417. The topological polar surface area (TPSA) is 30.5 Å². The van der Waals surface area contributed by atoms with Crippen LogP contribution >= 0.6 is 15.9 Å². The first-order valence-electron chi connectivity index (χ1n) is 7.62. The minimum absolute atomic E-state index is 0.417. The third kappa shape index (κ3) is 2.82. The molecule has 3 rings (SSSR count). The molecule has 0 amide bonds. The van der Waals surface area contributed by atoms with Gasteiger partial charge >= 0.3 is 0 Å². The van der Waals surface area contributed by atoms with Gasteiger partial charge in [0, 0.05) is 16.9 Å². The van der Waals surface area contributed by atoms with Crippen molar-refractivity contribution in [3.63, 3.8) is 0 Å². The average Bonchev–Trinajstić information content (AvgIpc) is 2.60. The number of ether oxygens (including phenoxy) is 2. The van der Waals surface area contributed by atoms with Gasteiger partial charge in [0.05, 0.1) is 13.2 Å². The number of rotatable bonds is 4. The van der Waals surface area contributed by atoms with Crippen LogP contribution in [0.15, 0.2) is 16.6 Å². The van der Waals surface area contributed by atoms with Crippen LogP contribution in [0.25, 0.3) is 0 Å². The first kappa shape index (κ1) is 14.2. The van der Waals surface area contributed by atoms with E-state index in [1.54, 1.807) is 0 Å². The second kappa shape index (κ2) is 6.35. The maximum absolute atomic E-state index is 5.83. The van der Waals surface area contributed by atoms with Gasteiger partial charge in [-0.3, -0.25) is 0 Å². The van der Waals surface area contributed by atoms with Gasteiger partial charge in [-0.05, 0) is 43.0 Å². The number of hydrogen-bond acceptors (Lipinski definition) is 3. The summed E-state index contributed by atoms with van der Waals surface area (Å²) in [5, 5.41) is 3.64. The molecule has 1 aliphatic carbocycles. The summed E-state index contributed by atoms with van der Waals surface area (Å²) >= 11 is 3.72. The lowest BCUT2D eigenvalue weighted by atomic mass is 9.77. The largest absolute Gasteiger partial charge is 0.490 e. The Kier molecular flexibility index (Phi) is 4.51. The highest BCUT2D eigenvalue weighted by Crippen LogP contribution is 2.43. The Bertz CT molecular complexity index is 474. The van der Waals surface area contributed by atoms with Gasteiger partial charge in [-0.15, -0.1) is 0 Å². The predicted octanol–water partition coefficient (Wildman–Crippen LogP) is 4.06. The zero-order valence-corrected chi connectivity index (χ0v) is 13.5. The molecule has 1 fully saturated rings. The molecule has 1 N–H and O–H groups in total. The van der Waals surface area contributed by atoms with Crippen molar-refractivity contribution in [2.75, 3.05) is 19.8 Å². The fourth-order valence-electron chi connectivity index (χ4n) is 2.96. The zero-order valence-electron chi connectivity index (χ0n) is 12.0. The molecule has 2 aliphatic rings. The van der Waals surface area contributed by atoms with Crippen molar-refractivity contribution in [1.29, 1.82) is 0 Å². The molecule has 110 valence electrons.